The summed E-state index contributed by atoms with van der Waals surface area (Å²) in [6.07, 6.45) is -2.20. The molecule has 1 aliphatic rings. The van der Waals surface area contributed by atoms with E-state index in [9.17, 15) is 38.5 Å². The third-order valence-electron chi connectivity index (χ3n) is 5.48. The van der Waals surface area contributed by atoms with E-state index in [1.165, 1.54) is 35.2 Å². The van der Waals surface area contributed by atoms with Gasteiger partial charge in [-0.15, -0.1) is 0 Å². The Hall–Kier alpha value is -2.83. The Labute approximate surface area is 229 Å². The fraction of sp³-hybridized carbons (Fsp3) is 0.333. The number of carbonyl (C=O) groups excluding carboxylic acids is 1. The number of aliphatic hydroxyl groups is 1. The number of nitrogens with two attached hydrogens (primary N) is 1. The van der Waals surface area contributed by atoms with Crippen molar-refractivity contribution >= 4 is 46.4 Å². The van der Waals surface area contributed by atoms with Crippen molar-refractivity contribution in [1.29, 1.82) is 0 Å². The molecule has 0 spiro atoms. The number of carbonyl (C=O) groups is 1. The van der Waals surface area contributed by atoms with Gasteiger partial charge in [0.25, 0.3) is 0 Å². The molecule has 1 fully saturated rings. The van der Waals surface area contributed by atoms with E-state index in [-0.39, 0.29) is 29.2 Å². The number of fused-ring (bicyclic) bond motifs is 1. The number of imidazole rings is 1. The Balaban J connectivity index is 1.55. The maximum absolute atomic E-state index is 12.8. The van der Waals surface area contributed by atoms with Crippen molar-refractivity contribution in [3.63, 3.8) is 0 Å². The van der Waals surface area contributed by atoms with Crippen LogP contribution in [0.25, 0.3) is 11.2 Å². The molecule has 2 unspecified atom stereocenters. The summed E-state index contributed by atoms with van der Waals surface area (Å²) in [7, 11) is -17.0. The molecule has 1 aliphatic heterocycles. The number of aliphatic hydroxyl groups excluding tert-OH is 1. The summed E-state index contributed by atoms with van der Waals surface area (Å²) in [5.74, 6) is -0.654. The van der Waals surface area contributed by atoms with Crippen molar-refractivity contribution in [3.8, 4) is 5.75 Å². The Morgan fingerprint density at radius 1 is 1.05 bits per heavy atom. The number of anilines is 1. The van der Waals surface area contributed by atoms with Gasteiger partial charge in [0.1, 0.15) is 29.8 Å². The van der Waals surface area contributed by atoms with Crippen molar-refractivity contribution < 1.29 is 66.2 Å². The smallest absolute Gasteiger partial charge is 0.490 e. The molecule has 23 heteroatoms. The van der Waals surface area contributed by atoms with Crippen LogP contribution in [-0.4, -0.2) is 80.1 Å². The van der Waals surface area contributed by atoms with Crippen molar-refractivity contribution in [2.75, 3.05) is 12.3 Å². The van der Waals surface area contributed by atoms with E-state index in [4.69, 9.17) is 20.3 Å². The third kappa shape index (κ3) is 7.92. The van der Waals surface area contributed by atoms with E-state index < -0.39 is 60.5 Å². The molecule has 0 radical (unpaired) electrons. The SMILES string of the molecule is Nc1ncnc2c1ncn2[C@@H]1O[C@H](COP(=O)(O)OP(=O)(O)OP(=O)(O)O)[C@@H](NC(=O)Cc2ccc(O)cc2)[C@H]1O. The lowest BCUT2D eigenvalue weighted by Gasteiger charge is -2.23. The van der Waals surface area contributed by atoms with Gasteiger partial charge in [0.15, 0.2) is 17.7 Å². The minimum Gasteiger partial charge on any atom is -0.508 e. The highest BCUT2D eigenvalue weighted by molar-refractivity contribution is 7.66. The van der Waals surface area contributed by atoms with Crippen LogP contribution in [0.5, 0.6) is 5.75 Å². The number of nitrogen functional groups attached to an aromatic ring is 1. The van der Waals surface area contributed by atoms with Crippen LogP contribution >= 0.6 is 23.5 Å². The number of phenolic OH excluding ortho intramolecular Hbond substituents is 1. The first-order chi connectivity index (χ1) is 19.0. The number of hydrogen-bond acceptors (Lipinski definition) is 14. The van der Waals surface area contributed by atoms with E-state index >= 15 is 0 Å². The first-order valence-corrected chi connectivity index (χ1v) is 15.7. The monoisotopic (exact) mass is 640 g/mol. The number of ether oxygens (including phenoxy) is 1. The lowest BCUT2D eigenvalue weighted by Crippen LogP contribution is -2.49. The fourth-order valence-corrected chi connectivity index (χ4v) is 6.89. The molecule has 0 bridgehead atoms. The zero-order chi connectivity index (χ0) is 30.2. The zero-order valence-corrected chi connectivity index (χ0v) is 23.0. The van der Waals surface area contributed by atoms with Crippen molar-refractivity contribution in [1.82, 2.24) is 24.8 Å². The lowest BCUT2D eigenvalue weighted by molar-refractivity contribution is -0.122. The molecular formula is C18H23N6O14P3. The van der Waals surface area contributed by atoms with Crippen LogP contribution in [0.1, 0.15) is 11.8 Å². The Kier molecular flexibility index (Phi) is 8.96. The number of aromatic nitrogens is 4. The largest absolute Gasteiger partial charge is 0.508 e. The Bertz CT molecular complexity index is 1560. The number of phosphoric ester groups is 1. The fourth-order valence-electron chi connectivity index (χ4n) is 3.86. The summed E-state index contributed by atoms with van der Waals surface area (Å²) in [5, 5.41) is 23.1. The average Bonchev–Trinajstić information content (AvgIpc) is 3.39. The van der Waals surface area contributed by atoms with E-state index in [1.807, 2.05) is 0 Å². The maximum atomic E-state index is 12.8. The molecule has 9 N–H and O–H groups in total. The number of nitrogens with zero attached hydrogens (tertiary/aromatic N) is 4. The van der Waals surface area contributed by atoms with Gasteiger partial charge in [-0.2, -0.15) is 8.62 Å². The molecule has 6 atom stereocenters. The van der Waals surface area contributed by atoms with Gasteiger partial charge in [-0.05, 0) is 17.7 Å². The number of phenols is 1. The number of rotatable bonds is 11. The average molecular weight is 640 g/mol. The van der Waals surface area contributed by atoms with Crippen LogP contribution in [0, 0.1) is 0 Å². The topological polar surface area (TPSA) is 308 Å². The van der Waals surface area contributed by atoms with Crippen LogP contribution in [0.2, 0.25) is 0 Å². The molecule has 0 aliphatic carbocycles. The minimum atomic E-state index is -5.79. The highest BCUT2D eigenvalue weighted by Gasteiger charge is 2.48. The van der Waals surface area contributed by atoms with Crippen molar-refractivity contribution in [2.45, 2.75) is 30.9 Å². The number of aromatic hydroxyl groups is 1. The second-order valence-electron chi connectivity index (χ2n) is 8.46. The second kappa shape index (κ2) is 11.8. The summed E-state index contributed by atoms with van der Waals surface area (Å²) in [6, 6.07) is 4.33. The summed E-state index contributed by atoms with van der Waals surface area (Å²) >= 11 is 0. The minimum absolute atomic E-state index is 0.0178. The maximum Gasteiger partial charge on any atom is 0.490 e. The summed E-state index contributed by atoms with van der Waals surface area (Å²) < 4.78 is 53.8. The first kappa shape index (κ1) is 31.1. The van der Waals surface area contributed by atoms with Crippen molar-refractivity contribution in [3.05, 3.63) is 42.5 Å². The molecular weight excluding hydrogens is 617 g/mol. The molecule has 2 aromatic heterocycles. The van der Waals surface area contributed by atoms with Crippen LogP contribution in [-0.2, 0) is 42.8 Å². The van der Waals surface area contributed by atoms with E-state index in [0.717, 1.165) is 6.33 Å². The summed E-state index contributed by atoms with van der Waals surface area (Å²) in [5.41, 5.74) is 6.57. The molecule has 224 valence electrons. The molecule has 0 saturated carbocycles. The van der Waals surface area contributed by atoms with Gasteiger partial charge in [0, 0.05) is 0 Å². The number of phosphoric acid groups is 3. The molecule has 4 rings (SSSR count). The van der Waals surface area contributed by atoms with Crippen LogP contribution < -0.4 is 11.1 Å². The van der Waals surface area contributed by atoms with Crippen LogP contribution in [0.4, 0.5) is 5.82 Å². The molecule has 41 heavy (non-hydrogen) atoms. The van der Waals surface area contributed by atoms with Gasteiger partial charge in [0.2, 0.25) is 5.91 Å². The van der Waals surface area contributed by atoms with Crippen molar-refractivity contribution in [2.24, 2.45) is 0 Å². The quantitative estimate of drug-likeness (QED) is 0.122. The predicted molar refractivity (Wildman–Crippen MR) is 133 cm³/mol. The third-order valence-corrected chi connectivity index (χ3v) is 9.29. The van der Waals surface area contributed by atoms with Gasteiger partial charge in [-0.3, -0.25) is 13.9 Å². The normalized spacial score (nSPS) is 24.1. The molecule has 1 amide bonds. The van der Waals surface area contributed by atoms with Gasteiger partial charge in [0.05, 0.1) is 25.4 Å². The second-order valence-corrected chi connectivity index (χ2v) is 12.9. The Morgan fingerprint density at radius 3 is 2.39 bits per heavy atom. The molecule has 1 saturated heterocycles. The number of hydrogen-bond donors (Lipinski definition) is 8. The lowest BCUT2D eigenvalue weighted by atomic mass is 10.1. The highest BCUT2D eigenvalue weighted by Crippen LogP contribution is 2.66. The van der Waals surface area contributed by atoms with Gasteiger partial charge in [-0.25, -0.2) is 28.6 Å². The molecule has 1 aromatic carbocycles. The molecule has 3 heterocycles. The number of nitrogens with one attached hydrogen (secondary N) is 1. The summed E-state index contributed by atoms with van der Waals surface area (Å²) in [6.45, 7) is -0.967. The van der Waals surface area contributed by atoms with E-state index in [2.05, 4.69) is 33.4 Å². The Morgan fingerprint density at radius 2 is 1.73 bits per heavy atom. The highest BCUT2D eigenvalue weighted by atomic mass is 31.3. The first-order valence-electron chi connectivity index (χ1n) is 11.2. The van der Waals surface area contributed by atoms with Gasteiger partial charge in [-0.1, -0.05) is 12.1 Å². The molecule has 20 nitrogen and oxygen atoms in total. The number of amides is 1. The van der Waals surface area contributed by atoms with E-state index in [1.54, 1.807) is 0 Å². The summed E-state index contributed by atoms with van der Waals surface area (Å²) in [4.78, 5) is 61.3. The predicted octanol–water partition coefficient (Wildman–Crippen LogP) is -0.557. The van der Waals surface area contributed by atoms with E-state index in [0.29, 0.717) is 5.56 Å². The number of benzene rings is 1. The molecule has 3 aromatic rings. The zero-order valence-electron chi connectivity index (χ0n) is 20.3. The van der Waals surface area contributed by atoms with Gasteiger partial charge >= 0.3 is 23.5 Å². The standard InChI is InChI=1S/C18H23N6O14P3/c19-16-14-17(21-7-20-16)24(8-22-14)18-15(27)13(23-12(26)5-9-1-3-10(25)4-2-9)11(36-18)6-35-40(31,32)38-41(33,34)37-39(28,29)30/h1-4,7-8,11,13,15,18,25,27H,5-6H2,(H,23,26)(H,31,32)(H,33,34)(H2,19,20,21)(H2,28,29,30)/t11-,13-,15-,18-/m1/s1. The van der Waals surface area contributed by atoms with Gasteiger partial charge < -0.3 is 45.6 Å². The van der Waals surface area contributed by atoms with Crippen LogP contribution in [0.3, 0.4) is 0 Å². The van der Waals surface area contributed by atoms with Crippen LogP contribution in [0.15, 0.2) is 36.9 Å².